The van der Waals surface area contributed by atoms with E-state index in [2.05, 4.69) is 32.9 Å². The third kappa shape index (κ3) is 2.14. The number of aryl methyl sites for hydroxylation is 2. The van der Waals surface area contributed by atoms with Crippen molar-refractivity contribution in [3.8, 4) is 0 Å². The minimum atomic E-state index is 0. The van der Waals surface area contributed by atoms with E-state index < -0.39 is 0 Å². The zero-order chi connectivity index (χ0) is 6.85. The number of hydrogen-bond acceptors (Lipinski definition) is 0. The van der Waals surface area contributed by atoms with Gasteiger partial charge in [-0.3, -0.25) is 0 Å². The molecule has 0 amide bonds. The Kier molecular flexibility index (Phi) is 3.64. The first-order chi connectivity index (χ1) is 4.20. The Morgan fingerprint density at radius 2 is 1.80 bits per heavy atom. The van der Waals surface area contributed by atoms with Crippen molar-refractivity contribution in [3.05, 3.63) is 41.8 Å². The molecule has 0 bridgehead atoms. The Morgan fingerprint density at radius 1 is 1.20 bits per heavy atom. The Balaban J connectivity index is 0.000000810. The third-order valence-corrected chi connectivity index (χ3v) is 1.50. The van der Waals surface area contributed by atoms with Crippen LogP contribution in [0.4, 0.5) is 0 Å². The SMILES string of the molecule is [CH2-]c1ccc(C)cc1C.[Li+]. The molecule has 10 heavy (non-hydrogen) atoms. The predicted molar refractivity (Wildman–Crippen MR) is 40.4 cm³/mol. The van der Waals surface area contributed by atoms with E-state index >= 15 is 0 Å². The van der Waals surface area contributed by atoms with Crippen molar-refractivity contribution < 1.29 is 18.9 Å². The molecule has 48 valence electrons. The molecule has 1 aromatic rings. The molecule has 0 aliphatic rings. The number of hydrogen-bond donors (Lipinski definition) is 0. The summed E-state index contributed by atoms with van der Waals surface area (Å²) in [6, 6.07) is 6.27. The Morgan fingerprint density at radius 3 is 2.20 bits per heavy atom. The van der Waals surface area contributed by atoms with Gasteiger partial charge < -0.3 is 0 Å². The van der Waals surface area contributed by atoms with Crippen LogP contribution in [0.3, 0.4) is 0 Å². The standard InChI is InChI=1S/C9H11.Li/c1-7-4-5-8(2)9(3)6-7;/h4-6H,2H2,1,3H3;/q-1;+1. The van der Waals surface area contributed by atoms with Crippen LogP contribution < -0.4 is 18.9 Å². The molecule has 0 spiro atoms. The van der Waals surface area contributed by atoms with Gasteiger partial charge in [0.05, 0.1) is 0 Å². The fraction of sp³-hybridized carbons (Fsp3) is 0.222. The summed E-state index contributed by atoms with van der Waals surface area (Å²) in [5, 5.41) is 0. The van der Waals surface area contributed by atoms with Gasteiger partial charge in [-0.25, -0.2) is 0 Å². The summed E-state index contributed by atoms with van der Waals surface area (Å²) in [6.07, 6.45) is 0. The van der Waals surface area contributed by atoms with E-state index in [4.69, 9.17) is 0 Å². The number of benzene rings is 1. The molecule has 0 aromatic heterocycles. The zero-order valence-corrected chi connectivity index (χ0v) is 6.94. The summed E-state index contributed by atoms with van der Waals surface area (Å²) in [4.78, 5) is 0. The quantitative estimate of drug-likeness (QED) is 0.324. The summed E-state index contributed by atoms with van der Waals surface area (Å²) in [6.45, 7) is 8.03. The average molecular weight is 126 g/mol. The molecule has 0 saturated carbocycles. The Hall–Kier alpha value is -0.313. The van der Waals surface area contributed by atoms with Gasteiger partial charge in [0.25, 0.3) is 0 Å². The van der Waals surface area contributed by atoms with Crippen LogP contribution in [-0.4, -0.2) is 0 Å². The Labute approximate surface area is 74.8 Å². The van der Waals surface area contributed by atoms with E-state index in [1.807, 2.05) is 6.07 Å². The second kappa shape index (κ2) is 3.76. The smallest absolute Gasteiger partial charge is 0.198 e. The van der Waals surface area contributed by atoms with Crippen LogP contribution in [0.25, 0.3) is 0 Å². The molecule has 0 unspecified atom stereocenters. The average Bonchev–Trinajstić information content (AvgIpc) is 1.80. The fourth-order valence-electron chi connectivity index (χ4n) is 0.846. The van der Waals surface area contributed by atoms with Crippen LogP contribution >= 0.6 is 0 Å². The maximum atomic E-state index is 3.86. The summed E-state index contributed by atoms with van der Waals surface area (Å²) in [5.74, 6) is 0. The van der Waals surface area contributed by atoms with Crippen molar-refractivity contribution in [3.63, 3.8) is 0 Å². The van der Waals surface area contributed by atoms with Crippen LogP contribution in [0.5, 0.6) is 0 Å². The minimum Gasteiger partial charge on any atom is -0.198 e. The molecule has 0 N–H and O–H groups in total. The van der Waals surface area contributed by atoms with E-state index in [-0.39, 0.29) is 18.9 Å². The van der Waals surface area contributed by atoms with Gasteiger partial charge in [0.2, 0.25) is 0 Å². The minimum absolute atomic E-state index is 0. The molecule has 0 radical (unpaired) electrons. The van der Waals surface area contributed by atoms with Crippen molar-refractivity contribution in [1.29, 1.82) is 0 Å². The van der Waals surface area contributed by atoms with E-state index in [0.717, 1.165) is 5.56 Å². The van der Waals surface area contributed by atoms with Crippen LogP contribution in [0.1, 0.15) is 16.7 Å². The van der Waals surface area contributed by atoms with E-state index in [1.165, 1.54) is 11.1 Å². The molecular weight excluding hydrogens is 115 g/mol. The maximum Gasteiger partial charge on any atom is 1.00 e. The molecule has 0 aliphatic carbocycles. The van der Waals surface area contributed by atoms with Gasteiger partial charge in [-0.15, -0.1) is 12.1 Å². The normalized spacial score (nSPS) is 8.60. The van der Waals surface area contributed by atoms with Crippen molar-refractivity contribution in [1.82, 2.24) is 0 Å². The van der Waals surface area contributed by atoms with Crippen LogP contribution in [0, 0.1) is 20.8 Å². The topological polar surface area (TPSA) is 0 Å². The van der Waals surface area contributed by atoms with Gasteiger partial charge in [-0.2, -0.15) is 24.1 Å². The summed E-state index contributed by atoms with van der Waals surface area (Å²) in [5.41, 5.74) is 3.70. The molecule has 0 aliphatic heterocycles. The zero-order valence-electron chi connectivity index (χ0n) is 6.94. The number of rotatable bonds is 0. The largest absolute Gasteiger partial charge is 1.00 e. The van der Waals surface area contributed by atoms with Gasteiger partial charge in [0.15, 0.2) is 0 Å². The molecule has 1 heteroatoms. The molecule has 0 atom stereocenters. The molecular formula is C9H11Li. The third-order valence-electron chi connectivity index (χ3n) is 1.50. The molecule has 0 nitrogen and oxygen atoms in total. The molecule has 1 rings (SSSR count). The van der Waals surface area contributed by atoms with Gasteiger partial charge in [0.1, 0.15) is 0 Å². The van der Waals surface area contributed by atoms with Crippen LogP contribution in [0.2, 0.25) is 0 Å². The van der Waals surface area contributed by atoms with Crippen molar-refractivity contribution in [2.45, 2.75) is 13.8 Å². The van der Waals surface area contributed by atoms with E-state index in [1.54, 1.807) is 0 Å². The van der Waals surface area contributed by atoms with Crippen molar-refractivity contribution in [2.24, 2.45) is 0 Å². The van der Waals surface area contributed by atoms with E-state index in [0.29, 0.717) is 0 Å². The Bertz CT molecular complexity index is 216. The summed E-state index contributed by atoms with van der Waals surface area (Å²) in [7, 11) is 0. The van der Waals surface area contributed by atoms with Crippen molar-refractivity contribution >= 4 is 0 Å². The monoisotopic (exact) mass is 126 g/mol. The van der Waals surface area contributed by atoms with E-state index in [9.17, 15) is 0 Å². The maximum absolute atomic E-state index is 3.86. The second-order valence-electron chi connectivity index (χ2n) is 2.43. The fourth-order valence-corrected chi connectivity index (χ4v) is 0.846. The van der Waals surface area contributed by atoms with Gasteiger partial charge in [-0.1, -0.05) is 12.5 Å². The van der Waals surface area contributed by atoms with Gasteiger partial charge >= 0.3 is 18.9 Å². The second-order valence-corrected chi connectivity index (χ2v) is 2.43. The van der Waals surface area contributed by atoms with Crippen LogP contribution in [-0.2, 0) is 0 Å². The van der Waals surface area contributed by atoms with Gasteiger partial charge in [-0.05, 0) is 6.92 Å². The first-order valence-electron chi connectivity index (χ1n) is 3.09. The first-order valence-corrected chi connectivity index (χ1v) is 3.09. The molecule has 0 fully saturated rings. The summed E-state index contributed by atoms with van der Waals surface area (Å²) < 4.78 is 0. The molecule has 0 heterocycles. The first kappa shape index (κ1) is 9.69. The predicted octanol–water partition coefficient (Wildman–Crippen LogP) is -0.510. The van der Waals surface area contributed by atoms with Crippen molar-refractivity contribution in [2.75, 3.05) is 0 Å². The van der Waals surface area contributed by atoms with Crippen LogP contribution in [0.15, 0.2) is 18.2 Å². The van der Waals surface area contributed by atoms with Gasteiger partial charge in [0, 0.05) is 0 Å². The molecule has 1 aromatic carbocycles. The summed E-state index contributed by atoms with van der Waals surface area (Å²) >= 11 is 0. The molecule has 0 saturated heterocycles.